The van der Waals surface area contributed by atoms with Gasteiger partial charge in [0.2, 0.25) is 0 Å². The van der Waals surface area contributed by atoms with Gasteiger partial charge in [-0.1, -0.05) is 13.8 Å². The van der Waals surface area contributed by atoms with E-state index in [2.05, 4.69) is 0 Å². The molecule has 0 aliphatic heterocycles. The standard InChI is InChI=1S/C9H22N2O2/c1-3-7(12)9(2,8(11)13)5-4-6-10/h7-8,12-13H,3-6,10-11H2,1-2H3. The average Bonchev–Trinajstić information content (AvgIpc) is 2.12. The normalized spacial score (nSPS) is 20.8. The smallest absolute Gasteiger partial charge is 0.110 e. The summed E-state index contributed by atoms with van der Waals surface area (Å²) in [5.41, 5.74) is 10.2. The highest BCUT2D eigenvalue weighted by Crippen LogP contribution is 2.31. The summed E-state index contributed by atoms with van der Waals surface area (Å²) < 4.78 is 0. The van der Waals surface area contributed by atoms with Crippen LogP contribution in [0.3, 0.4) is 0 Å². The summed E-state index contributed by atoms with van der Waals surface area (Å²) in [4.78, 5) is 0. The number of hydrogen-bond donors (Lipinski definition) is 4. The van der Waals surface area contributed by atoms with Crippen LogP contribution in [0.15, 0.2) is 0 Å². The van der Waals surface area contributed by atoms with Gasteiger partial charge in [0.1, 0.15) is 6.23 Å². The van der Waals surface area contributed by atoms with Gasteiger partial charge in [-0.3, -0.25) is 0 Å². The lowest BCUT2D eigenvalue weighted by Crippen LogP contribution is -2.47. The summed E-state index contributed by atoms with van der Waals surface area (Å²) in [7, 11) is 0. The topological polar surface area (TPSA) is 92.5 Å². The molecule has 0 saturated heterocycles. The number of aliphatic hydroxyl groups excluding tert-OH is 2. The van der Waals surface area contributed by atoms with Crippen molar-refractivity contribution < 1.29 is 10.2 Å². The molecule has 80 valence electrons. The van der Waals surface area contributed by atoms with Crippen LogP contribution in [0.5, 0.6) is 0 Å². The lowest BCUT2D eigenvalue weighted by molar-refractivity contribution is -0.0633. The molecule has 13 heavy (non-hydrogen) atoms. The molecule has 0 heterocycles. The summed E-state index contributed by atoms with van der Waals surface area (Å²) in [5.74, 6) is 0. The van der Waals surface area contributed by atoms with E-state index in [0.717, 1.165) is 6.42 Å². The fourth-order valence-corrected chi connectivity index (χ4v) is 1.46. The zero-order valence-corrected chi connectivity index (χ0v) is 8.53. The maximum Gasteiger partial charge on any atom is 0.110 e. The number of aliphatic hydroxyl groups is 2. The van der Waals surface area contributed by atoms with E-state index in [9.17, 15) is 10.2 Å². The van der Waals surface area contributed by atoms with Crippen LogP contribution in [0, 0.1) is 5.41 Å². The van der Waals surface area contributed by atoms with Crippen LogP contribution in [-0.4, -0.2) is 29.1 Å². The molecule has 4 nitrogen and oxygen atoms in total. The lowest BCUT2D eigenvalue weighted by atomic mass is 9.77. The van der Waals surface area contributed by atoms with Crippen LogP contribution in [-0.2, 0) is 0 Å². The van der Waals surface area contributed by atoms with Gasteiger partial charge in [0.15, 0.2) is 0 Å². The summed E-state index contributed by atoms with van der Waals surface area (Å²) in [5, 5.41) is 19.1. The van der Waals surface area contributed by atoms with Crippen LogP contribution in [0.4, 0.5) is 0 Å². The van der Waals surface area contributed by atoms with Crippen LogP contribution < -0.4 is 11.5 Å². The first kappa shape index (κ1) is 12.8. The molecule has 3 unspecified atom stereocenters. The summed E-state index contributed by atoms with van der Waals surface area (Å²) in [6.07, 6.45) is 0.445. The Kier molecular flexibility index (Phi) is 5.48. The largest absolute Gasteiger partial charge is 0.392 e. The number of nitrogens with two attached hydrogens (primary N) is 2. The SMILES string of the molecule is CCC(O)C(C)(CCCN)C(N)O. The Morgan fingerprint density at radius 3 is 2.23 bits per heavy atom. The van der Waals surface area contributed by atoms with Crippen molar-refractivity contribution >= 4 is 0 Å². The third kappa shape index (κ3) is 3.23. The molecule has 0 fully saturated rings. The van der Waals surface area contributed by atoms with E-state index in [0.29, 0.717) is 19.4 Å². The third-order valence-corrected chi connectivity index (χ3v) is 2.74. The Labute approximate surface area is 79.9 Å². The minimum atomic E-state index is -0.992. The molecular weight excluding hydrogens is 168 g/mol. The Balaban J connectivity index is 4.33. The van der Waals surface area contributed by atoms with E-state index in [4.69, 9.17) is 11.5 Å². The van der Waals surface area contributed by atoms with Crippen LogP contribution in [0.25, 0.3) is 0 Å². The second kappa shape index (κ2) is 5.54. The van der Waals surface area contributed by atoms with Gasteiger partial charge in [-0.2, -0.15) is 0 Å². The molecular formula is C9H22N2O2. The highest BCUT2D eigenvalue weighted by atomic mass is 16.3. The molecule has 0 rings (SSSR count). The molecule has 0 aromatic heterocycles. The Hall–Kier alpha value is -0.160. The molecule has 0 aromatic rings. The molecule has 3 atom stereocenters. The highest BCUT2D eigenvalue weighted by Gasteiger charge is 2.36. The first-order chi connectivity index (χ1) is 5.99. The summed E-state index contributed by atoms with van der Waals surface area (Å²) in [6.45, 7) is 4.22. The van der Waals surface area contributed by atoms with Gasteiger partial charge in [0.25, 0.3) is 0 Å². The minimum Gasteiger partial charge on any atom is -0.392 e. The number of rotatable bonds is 6. The van der Waals surface area contributed by atoms with Gasteiger partial charge in [-0.05, 0) is 25.8 Å². The van der Waals surface area contributed by atoms with E-state index >= 15 is 0 Å². The van der Waals surface area contributed by atoms with E-state index < -0.39 is 17.7 Å². The van der Waals surface area contributed by atoms with Crippen molar-refractivity contribution in [1.29, 1.82) is 0 Å². The van der Waals surface area contributed by atoms with E-state index in [-0.39, 0.29) is 0 Å². The molecule has 0 amide bonds. The monoisotopic (exact) mass is 190 g/mol. The molecule has 4 heteroatoms. The van der Waals surface area contributed by atoms with Crippen molar-refractivity contribution in [2.45, 2.75) is 45.4 Å². The van der Waals surface area contributed by atoms with E-state index in [1.165, 1.54) is 0 Å². The van der Waals surface area contributed by atoms with Crippen molar-refractivity contribution in [3.63, 3.8) is 0 Å². The third-order valence-electron chi connectivity index (χ3n) is 2.74. The van der Waals surface area contributed by atoms with Crippen LogP contribution in [0.1, 0.15) is 33.1 Å². The van der Waals surface area contributed by atoms with Crippen molar-refractivity contribution in [3.05, 3.63) is 0 Å². The van der Waals surface area contributed by atoms with E-state index in [1.807, 2.05) is 6.92 Å². The lowest BCUT2D eigenvalue weighted by Gasteiger charge is -2.36. The van der Waals surface area contributed by atoms with Gasteiger partial charge in [0, 0.05) is 5.41 Å². The van der Waals surface area contributed by atoms with Crippen molar-refractivity contribution in [3.8, 4) is 0 Å². The van der Waals surface area contributed by atoms with Crippen LogP contribution >= 0.6 is 0 Å². The van der Waals surface area contributed by atoms with Crippen molar-refractivity contribution in [1.82, 2.24) is 0 Å². The van der Waals surface area contributed by atoms with Gasteiger partial charge in [-0.25, -0.2) is 0 Å². The average molecular weight is 190 g/mol. The second-order valence-corrected chi connectivity index (χ2v) is 3.77. The Morgan fingerprint density at radius 2 is 1.92 bits per heavy atom. The number of hydrogen-bond acceptors (Lipinski definition) is 4. The zero-order chi connectivity index (χ0) is 10.5. The zero-order valence-electron chi connectivity index (χ0n) is 8.53. The Bertz CT molecular complexity index is 142. The van der Waals surface area contributed by atoms with Crippen LogP contribution in [0.2, 0.25) is 0 Å². The quantitative estimate of drug-likeness (QED) is 0.436. The Morgan fingerprint density at radius 1 is 1.38 bits per heavy atom. The van der Waals surface area contributed by atoms with Gasteiger partial charge in [-0.15, -0.1) is 0 Å². The fourth-order valence-electron chi connectivity index (χ4n) is 1.46. The predicted octanol–water partition coefficient (Wildman–Crippen LogP) is -0.220. The van der Waals surface area contributed by atoms with Crippen molar-refractivity contribution in [2.75, 3.05) is 6.54 Å². The van der Waals surface area contributed by atoms with Gasteiger partial charge in [0.05, 0.1) is 6.10 Å². The van der Waals surface area contributed by atoms with Crippen molar-refractivity contribution in [2.24, 2.45) is 16.9 Å². The molecule has 0 aliphatic rings. The van der Waals surface area contributed by atoms with Gasteiger partial charge < -0.3 is 21.7 Å². The molecule has 0 aromatic carbocycles. The molecule has 0 aliphatic carbocycles. The fraction of sp³-hybridized carbons (Fsp3) is 1.00. The molecule has 0 radical (unpaired) electrons. The van der Waals surface area contributed by atoms with E-state index in [1.54, 1.807) is 6.92 Å². The molecule has 6 N–H and O–H groups in total. The maximum atomic E-state index is 9.69. The minimum absolute atomic E-state index is 0.554. The summed E-state index contributed by atoms with van der Waals surface area (Å²) in [6, 6.07) is 0. The molecule has 0 bridgehead atoms. The first-order valence-electron chi connectivity index (χ1n) is 4.80. The first-order valence-corrected chi connectivity index (χ1v) is 4.80. The predicted molar refractivity (Wildman–Crippen MR) is 52.9 cm³/mol. The summed E-state index contributed by atoms with van der Waals surface area (Å²) >= 11 is 0. The molecule has 0 spiro atoms. The highest BCUT2D eigenvalue weighted by molar-refractivity contribution is 4.85. The second-order valence-electron chi connectivity index (χ2n) is 3.77. The van der Waals surface area contributed by atoms with Gasteiger partial charge >= 0.3 is 0 Å². The maximum absolute atomic E-state index is 9.69. The molecule has 0 saturated carbocycles.